The Kier molecular flexibility index (Phi) is 7.36. The van der Waals surface area contributed by atoms with Gasteiger partial charge in [-0.25, -0.2) is 0 Å². The summed E-state index contributed by atoms with van der Waals surface area (Å²) < 4.78 is 0. The van der Waals surface area contributed by atoms with E-state index < -0.39 is 0 Å². The van der Waals surface area contributed by atoms with E-state index in [1.165, 1.54) is 5.56 Å². The Morgan fingerprint density at radius 2 is 1.74 bits per heavy atom. The molecule has 2 heterocycles. The van der Waals surface area contributed by atoms with Crippen LogP contribution < -0.4 is 5.32 Å². The van der Waals surface area contributed by atoms with Gasteiger partial charge in [0, 0.05) is 45.0 Å². The van der Waals surface area contributed by atoms with E-state index >= 15 is 0 Å². The molecule has 1 aliphatic heterocycles. The smallest absolute Gasteiger partial charge is 0.234 e. The molecule has 5 nitrogen and oxygen atoms in total. The second-order valence-corrected chi connectivity index (χ2v) is 7.37. The van der Waals surface area contributed by atoms with Crippen molar-refractivity contribution in [3.05, 3.63) is 66.0 Å². The van der Waals surface area contributed by atoms with Crippen LogP contribution in [0.15, 0.2) is 54.7 Å². The van der Waals surface area contributed by atoms with Gasteiger partial charge < -0.3 is 5.32 Å². The molecule has 0 aliphatic carbocycles. The Bertz CT molecular complexity index is 684. The van der Waals surface area contributed by atoms with Gasteiger partial charge in [0.25, 0.3) is 0 Å². The van der Waals surface area contributed by atoms with Crippen LogP contribution in [0.25, 0.3) is 0 Å². The third-order valence-corrected chi connectivity index (χ3v) is 5.06. The lowest BCUT2D eigenvalue weighted by molar-refractivity contribution is -0.123. The van der Waals surface area contributed by atoms with E-state index in [0.29, 0.717) is 6.54 Å². The van der Waals surface area contributed by atoms with Crippen molar-refractivity contribution in [2.24, 2.45) is 0 Å². The van der Waals surface area contributed by atoms with Gasteiger partial charge in [-0.1, -0.05) is 36.4 Å². The zero-order valence-electron chi connectivity index (χ0n) is 16.2. The quantitative estimate of drug-likeness (QED) is 0.779. The fraction of sp³-hybridized carbons (Fsp3) is 0.455. The molecular weight excluding hydrogens is 336 g/mol. The van der Waals surface area contributed by atoms with Gasteiger partial charge in [-0.05, 0) is 37.5 Å². The summed E-state index contributed by atoms with van der Waals surface area (Å²) in [7, 11) is 0. The number of amides is 1. The number of rotatable bonds is 8. The van der Waals surface area contributed by atoms with Gasteiger partial charge in [-0.2, -0.15) is 0 Å². The molecule has 0 spiro atoms. The van der Waals surface area contributed by atoms with Crippen molar-refractivity contribution in [1.29, 1.82) is 0 Å². The van der Waals surface area contributed by atoms with E-state index in [4.69, 9.17) is 0 Å². The van der Waals surface area contributed by atoms with E-state index in [-0.39, 0.29) is 11.9 Å². The average molecular weight is 367 g/mol. The highest BCUT2D eigenvalue weighted by molar-refractivity contribution is 5.78. The Morgan fingerprint density at radius 3 is 2.44 bits per heavy atom. The fourth-order valence-electron chi connectivity index (χ4n) is 3.45. The molecule has 1 unspecified atom stereocenters. The topological polar surface area (TPSA) is 48.5 Å². The number of carbonyl (C=O) groups excluding carboxylic acids is 1. The first kappa shape index (κ1) is 19.5. The highest BCUT2D eigenvalue weighted by atomic mass is 16.2. The third-order valence-electron chi connectivity index (χ3n) is 5.06. The summed E-state index contributed by atoms with van der Waals surface area (Å²) in [6.45, 7) is 7.29. The predicted molar refractivity (Wildman–Crippen MR) is 108 cm³/mol. The number of piperazine rings is 1. The van der Waals surface area contributed by atoms with Crippen molar-refractivity contribution in [2.75, 3.05) is 32.7 Å². The number of pyridine rings is 1. The van der Waals surface area contributed by atoms with Crippen molar-refractivity contribution in [3.63, 3.8) is 0 Å². The van der Waals surface area contributed by atoms with Crippen LogP contribution in [0, 0.1) is 0 Å². The summed E-state index contributed by atoms with van der Waals surface area (Å²) in [5.74, 6) is 0.133. The number of carbonyl (C=O) groups is 1. The molecule has 0 radical (unpaired) electrons. The summed E-state index contributed by atoms with van der Waals surface area (Å²) in [5, 5.41) is 3.14. The highest BCUT2D eigenvalue weighted by Gasteiger charge is 2.19. The number of aromatic nitrogens is 1. The molecule has 27 heavy (non-hydrogen) atoms. The number of hydrogen-bond donors (Lipinski definition) is 1. The lowest BCUT2D eigenvalue weighted by atomic mass is 10.1. The first-order valence-corrected chi connectivity index (χ1v) is 9.87. The first-order valence-electron chi connectivity index (χ1n) is 9.87. The van der Waals surface area contributed by atoms with Gasteiger partial charge in [0.05, 0.1) is 12.2 Å². The number of aryl methyl sites for hydroxylation is 1. The van der Waals surface area contributed by atoms with Crippen LogP contribution in [-0.2, 0) is 17.8 Å². The van der Waals surface area contributed by atoms with Crippen LogP contribution in [0.4, 0.5) is 0 Å². The van der Waals surface area contributed by atoms with Crippen LogP contribution in [0.5, 0.6) is 0 Å². The van der Waals surface area contributed by atoms with Crippen molar-refractivity contribution >= 4 is 5.91 Å². The summed E-state index contributed by atoms with van der Waals surface area (Å²) in [4.78, 5) is 21.4. The van der Waals surface area contributed by atoms with Gasteiger partial charge >= 0.3 is 0 Å². The van der Waals surface area contributed by atoms with Crippen molar-refractivity contribution in [3.8, 4) is 0 Å². The van der Waals surface area contributed by atoms with Crippen LogP contribution in [0.2, 0.25) is 0 Å². The monoisotopic (exact) mass is 366 g/mol. The minimum Gasteiger partial charge on any atom is -0.353 e. The average Bonchev–Trinajstić information content (AvgIpc) is 2.69. The lowest BCUT2D eigenvalue weighted by Crippen LogP contribution is -2.50. The van der Waals surface area contributed by atoms with E-state index in [2.05, 4.69) is 57.4 Å². The maximum absolute atomic E-state index is 12.3. The highest BCUT2D eigenvalue weighted by Crippen LogP contribution is 2.07. The van der Waals surface area contributed by atoms with E-state index in [1.807, 2.05) is 24.4 Å². The summed E-state index contributed by atoms with van der Waals surface area (Å²) >= 11 is 0. The molecule has 144 valence electrons. The van der Waals surface area contributed by atoms with Gasteiger partial charge in [0.1, 0.15) is 0 Å². The molecule has 1 aromatic carbocycles. The largest absolute Gasteiger partial charge is 0.353 e. The Morgan fingerprint density at radius 1 is 1.04 bits per heavy atom. The third kappa shape index (κ3) is 6.77. The summed E-state index contributed by atoms with van der Waals surface area (Å²) in [5.41, 5.74) is 2.43. The van der Waals surface area contributed by atoms with Gasteiger partial charge in [-0.3, -0.25) is 19.6 Å². The molecule has 0 saturated carbocycles. The van der Waals surface area contributed by atoms with Gasteiger partial charge in [0.2, 0.25) is 5.91 Å². The Hall–Kier alpha value is -2.24. The number of nitrogens with one attached hydrogen (secondary N) is 1. The van der Waals surface area contributed by atoms with Crippen LogP contribution >= 0.6 is 0 Å². The lowest BCUT2D eigenvalue weighted by Gasteiger charge is -2.34. The molecule has 2 aromatic rings. The predicted octanol–water partition coefficient (Wildman–Crippen LogP) is 2.34. The zero-order chi connectivity index (χ0) is 18.9. The molecule has 1 fully saturated rings. The molecule has 1 amide bonds. The molecular formula is C22H30N4O. The number of benzene rings is 1. The maximum Gasteiger partial charge on any atom is 0.234 e. The van der Waals surface area contributed by atoms with E-state index in [0.717, 1.165) is 51.3 Å². The molecule has 1 N–H and O–H groups in total. The van der Waals surface area contributed by atoms with Gasteiger partial charge in [0.15, 0.2) is 0 Å². The molecule has 0 bridgehead atoms. The van der Waals surface area contributed by atoms with Gasteiger partial charge in [-0.15, -0.1) is 0 Å². The second-order valence-electron chi connectivity index (χ2n) is 7.37. The fourth-order valence-corrected chi connectivity index (χ4v) is 3.45. The normalized spacial score (nSPS) is 16.8. The van der Waals surface area contributed by atoms with Crippen molar-refractivity contribution in [2.45, 2.75) is 32.4 Å². The summed E-state index contributed by atoms with van der Waals surface area (Å²) in [6, 6.07) is 16.7. The molecule has 3 rings (SSSR count). The van der Waals surface area contributed by atoms with E-state index in [1.54, 1.807) is 0 Å². The summed E-state index contributed by atoms with van der Waals surface area (Å²) in [6.07, 6.45) is 3.80. The Balaban J connectivity index is 1.33. The maximum atomic E-state index is 12.3. The van der Waals surface area contributed by atoms with Crippen LogP contribution in [0.3, 0.4) is 0 Å². The minimum atomic E-state index is 0.133. The SMILES string of the molecule is CC(CCc1ccccc1)NC(=O)CN1CCN(Cc2ccccn2)CC1. The first-order chi connectivity index (χ1) is 13.2. The van der Waals surface area contributed by atoms with Crippen LogP contribution in [-0.4, -0.2) is 59.5 Å². The molecule has 1 atom stereocenters. The standard InChI is InChI=1S/C22H30N4O/c1-19(10-11-20-7-3-2-4-8-20)24-22(27)18-26-15-13-25(14-16-26)17-21-9-5-6-12-23-21/h2-9,12,19H,10-11,13-18H2,1H3,(H,24,27). The molecule has 1 aromatic heterocycles. The molecule has 5 heteroatoms. The zero-order valence-corrected chi connectivity index (χ0v) is 16.2. The molecule has 1 saturated heterocycles. The van der Waals surface area contributed by atoms with Crippen molar-refractivity contribution in [1.82, 2.24) is 20.1 Å². The number of nitrogens with zero attached hydrogens (tertiary/aromatic N) is 3. The minimum absolute atomic E-state index is 0.133. The van der Waals surface area contributed by atoms with E-state index in [9.17, 15) is 4.79 Å². The van der Waals surface area contributed by atoms with Crippen molar-refractivity contribution < 1.29 is 4.79 Å². The molecule has 1 aliphatic rings. The van der Waals surface area contributed by atoms with Crippen LogP contribution in [0.1, 0.15) is 24.6 Å². The second kappa shape index (κ2) is 10.2. The number of hydrogen-bond acceptors (Lipinski definition) is 4. The Labute approximate surface area is 162 Å².